The lowest BCUT2D eigenvalue weighted by molar-refractivity contribution is 0.206. The summed E-state index contributed by atoms with van der Waals surface area (Å²) >= 11 is 0. The molecule has 1 aromatic rings. The molecule has 2 aliphatic heterocycles. The number of halogens is 1. The lowest BCUT2D eigenvalue weighted by atomic mass is 10.1. The van der Waals surface area contributed by atoms with E-state index in [-0.39, 0.29) is 24.0 Å². The number of para-hydroxylation sites is 1. The number of hydrogen-bond acceptors (Lipinski definition) is 3. The van der Waals surface area contributed by atoms with Crippen molar-refractivity contribution in [3.63, 3.8) is 0 Å². The Bertz CT molecular complexity index is 598. The molecule has 0 spiro atoms. The van der Waals surface area contributed by atoms with Crippen molar-refractivity contribution in [1.82, 2.24) is 15.5 Å². The first-order chi connectivity index (χ1) is 12.7. The van der Waals surface area contributed by atoms with Gasteiger partial charge in [-0.1, -0.05) is 25.1 Å². The Morgan fingerprint density at radius 3 is 2.67 bits per heavy atom. The first kappa shape index (κ1) is 22.3. The predicted molar refractivity (Wildman–Crippen MR) is 127 cm³/mol. The highest BCUT2D eigenvalue weighted by Gasteiger charge is 2.23. The van der Waals surface area contributed by atoms with E-state index in [2.05, 4.69) is 63.5 Å². The number of fused-ring (bicyclic) bond motifs is 1. The minimum absolute atomic E-state index is 0. The topological polar surface area (TPSA) is 42.9 Å². The Hall–Kier alpha value is -1.02. The molecule has 3 rings (SSSR count). The summed E-state index contributed by atoms with van der Waals surface area (Å²) in [5.74, 6) is 0.943. The highest BCUT2D eigenvalue weighted by atomic mass is 127. The zero-order valence-corrected chi connectivity index (χ0v) is 19.4. The monoisotopic (exact) mass is 485 g/mol. The minimum atomic E-state index is 0. The van der Waals surface area contributed by atoms with E-state index in [0.29, 0.717) is 12.1 Å². The average Bonchev–Trinajstić information content (AvgIpc) is 3.10. The Balaban J connectivity index is 0.00000261. The molecular weight excluding hydrogens is 449 g/mol. The summed E-state index contributed by atoms with van der Waals surface area (Å²) in [6.45, 7) is 10.2. The minimum Gasteiger partial charge on any atom is -0.366 e. The summed E-state index contributed by atoms with van der Waals surface area (Å²) in [6, 6.07) is 9.77. The predicted octanol–water partition coefficient (Wildman–Crippen LogP) is 3.10. The van der Waals surface area contributed by atoms with Crippen molar-refractivity contribution in [2.75, 3.05) is 44.7 Å². The lowest BCUT2D eigenvalue weighted by Crippen LogP contribution is -2.51. The number of rotatable bonds is 6. The fourth-order valence-corrected chi connectivity index (χ4v) is 4.18. The van der Waals surface area contributed by atoms with E-state index >= 15 is 0 Å². The fourth-order valence-electron chi connectivity index (χ4n) is 4.18. The summed E-state index contributed by atoms with van der Waals surface area (Å²) in [7, 11) is 1.87. The van der Waals surface area contributed by atoms with Gasteiger partial charge in [0.1, 0.15) is 0 Å². The van der Waals surface area contributed by atoms with Crippen LogP contribution in [0.2, 0.25) is 0 Å². The van der Waals surface area contributed by atoms with Crippen LogP contribution in [0.1, 0.15) is 38.7 Å². The molecule has 1 saturated heterocycles. The number of benzene rings is 1. The van der Waals surface area contributed by atoms with Gasteiger partial charge in [0, 0.05) is 51.0 Å². The molecule has 1 unspecified atom stereocenters. The van der Waals surface area contributed by atoms with Crippen LogP contribution in [0.15, 0.2) is 29.3 Å². The maximum atomic E-state index is 4.44. The van der Waals surface area contributed by atoms with Gasteiger partial charge in [-0.15, -0.1) is 24.0 Å². The fraction of sp³-hybridized carbons (Fsp3) is 0.667. The quantitative estimate of drug-likeness (QED) is 0.369. The molecule has 0 aromatic heterocycles. The summed E-state index contributed by atoms with van der Waals surface area (Å²) in [5, 5.41) is 7.17. The van der Waals surface area contributed by atoms with Gasteiger partial charge in [0.25, 0.3) is 0 Å². The van der Waals surface area contributed by atoms with Crippen LogP contribution in [0.4, 0.5) is 5.69 Å². The van der Waals surface area contributed by atoms with Gasteiger partial charge in [0.15, 0.2) is 5.96 Å². The van der Waals surface area contributed by atoms with Crippen LogP contribution >= 0.6 is 24.0 Å². The van der Waals surface area contributed by atoms with Gasteiger partial charge in [0.05, 0.1) is 0 Å². The first-order valence-electron chi connectivity index (χ1n) is 10.2. The third-order valence-corrected chi connectivity index (χ3v) is 5.71. The van der Waals surface area contributed by atoms with Crippen LogP contribution < -0.4 is 15.5 Å². The third-order valence-electron chi connectivity index (χ3n) is 5.71. The summed E-state index contributed by atoms with van der Waals surface area (Å²) < 4.78 is 0. The van der Waals surface area contributed by atoms with E-state index in [1.807, 2.05) is 7.05 Å². The van der Waals surface area contributed by atoms with Crippen LogP contribution in [-0.4, -0.2) is 62.7 Å². The molecule has 0 amide bonds. The van der Waals surface area contributed by atoms with E-state index in [1.165, 1.54) is 50.1 Å². The second kappa shape index (κ2) is 11.1. The number of likely N-dealkylation sites (tertiary alicyclic amines) is 1. The van der Waals surface area contributed by atoms with Gasteiger partial charge >= 0.3 is 0 Å². The third kappa shape index (κ3) is 5.98. The van der Waals surface area contributed by atoms with Crippen molar-refractivity contribution in [2.45, 2.75) is 51.6 Å². The molecular formula is C21H36IN5. The molecule has 0 saturated carbocycles. The Morgan fingerprint density at radius 1 is 1.22 bits per heavy atom. The number of nitrogens with one attached hydrogen (secondary N) is 2. The number of anilines is 1. The van der Waals surface area contributed by atoms with E-state index in [0.717, 1.165) is 25.5 Å². The van der Waals surface area contributed by atoms with Crippen molar-refractivity contribution >= 4 is 35.6 Å². The number of nitrogens with zero attached hydrogens (tertiary/aromatic N) is 3. The van der Waals surface area contributed by atoms with Crippen LogP contribution in [0.5, 0.6) is 0 Å². The second-order valence-electron chi connectivity index (χ2n) is 7.63. The Morgan fingerprint density at radius 2 is 1.96 bits per heavy atom. The van der Waals surface area contributed by atoms with Crippen molar-refractivity contribution in [3.05, 3.63) is 29.8 Å². The van der Waals surface area contributed by atoms with E-state index in [1.54, 1.807) is 0 Å². The van der Waals surface area contributed by atoms with Crippen molar-refractivity contribution < 1.29 is 0 Å². The normalized spacial score (nSPS) is 19.4. The van der Waals surface area contributed by atoms with Crippen molar-refractivity contribution in [3.8, 4) is 0 Å². The molecule has 0 aliphatic carbocycles. The SMILES string of the molecule is CCCN1CCC(NC(=NC)NCC(C)N2CCc3ccccc32)CC1.I. The van der Waals surface area contributed by atoms with Crippen LogP contribution in [0, 0.1) is 0 Å². The summed E-state index contributed by atoms with van der Waals surface area (Å²) in [5.41, 5.74) is 2.87. The van der Waals surface area contributed by atoms with E-state index in [9.17, 15) is 0 Å². The van der Waals surface area contributed by atoms with Crippen LogP contribution in [0.3, 0.4) is 0 Å². The van der Waals surface area contributed by atoms with Gasteiger partial charge in [-0.25, -0.2) is 0 Å². The van der Waals surface area contributed by atoms with Crippen LogP contribution in [0.25, 0.3) is 0 Å². The highest BCUT2D eigenvalue weighted by molar-refractivity contribution is 14.0. The molecule has 2 aliphatic rings. The van der Waals surface area contributed by atoms with Crippen molar-refractivity contribution in [2.24, 2.45) is 4.99 Å². The van der Waals surface area contributed by atoms with Crippen molar-refractivity contribution in [1.29, 1.82) is 0 Å². The second-order valence-corrected chi connectivity index (χ2v) is 7.63. The maximum absolute atomic E-state index is 4.44. The largest absolute Gasteiger partial charge is 0.366 e. The average molecular weight is 485 g/mol. The zero-order chi connectivity index (χ0) is 18.4. The smallest absolute Gasteiger partial charge is 0.191 e. The lowest BCUT2D eigenvalue weighted by Gasteiger charge is -2.33. The molecule has 0 radical (unpaired) electrons. The molecule has 0 bridgehead atoms. The molecule has 27 heavy (non-hydrogen) atoms. The molecule has 1 aromatic carbocycles. The van der Waals surface area contributed by atoms with Gasteiger partial charge in [0.2, 0.25) is 0 Å². The van der Waals surface area contributed by atoms with Gasteiger partial charge in [-0.3, -0.25) is 4.99 Å². The molecule has 6 heteroatoms. The molecule has 2 N–H and O–H groups in total. The number of aliphatic imine (C=N–C) groups is 1. The standard InChI is InChI=1S/C21H35N5.HI/c1-4-12-25-13-10-19(11-14-25)24-21(22-3)23-16-17(2)26-15-9-18-7-5-6-8-20(18)26;/h5-8,17,19H,4,9-16H2,1-3H3,(H2,22,23,24);1H. The van der Waals surface area contributed by atoms with Gasteiger partial charge in [-0.05, 0) is 50.8 Å². The molecule has 1 fully saturated rings. The first-order valence-corrected chi connectivity index (χ1v) is 10.2. The summed E-state index contributed by atoms with van der Waals surface area (Å²) in [6.07, 6.45) is 4.81. The molecule has 2 heterocycles. The molecule has 5 nitrogen and oxygen atoms in total. The Kier molecular flexibility index (Phi) is 9.15. The maximum Gasteiger partial charge on any atom is 0.191 e. The van der Waals surface area contributed by atoms with Crippen LogP contribution in [-0.2, 0) is 6.42 Å². The van der Waals surface area contributed by atoms with Gasteiger partial charge in [-0.2, -0.15) is 0 Å². The van der Waals surface area contributed by atoms with E-state index in [4.69, 9.17) is 0 Å². The zero-order valence-electron chi connectivity index (χ0n) is 17.1. The molecule has 152 valence electrons. The Labute approximate surface area is 182 Å². The van der Waals surface area contributed by atoms with E-state index < -0.39 is 0 Å². The van der Waals surface area contributed by atoms with Gasteiger partial charge < -0.3 is 20.4 Å². The number of hydrogen-bond donors (Lipinski definition) is 2. The number of piperidine rings is 1. The highest BCUT2D eigenvalue weighted by Crippen LogP contribution is 2.28. The number of guanidine groups is 1. The molecule has 1 atom stereocenters. The summed E-state index contributed by atoms with van der Waals surface area (Å²) in [4.78, 5) is 9.53.